The van der Waals surface area contributed by atoms with E-state index in [1.165, 1.54) is 4.31 Å². The van der Waals surface area contributed by atoms with Crippen LogP contribution in [0.5, 0.6) is 11.5 Å². The van der Waals surface area contributed by atoms with E-state index >= 15 is 0 Å². The Labute approximate surface area is 171 Å². The molecule has 1 aliphatic rings. The fraction of sp³-hybridized carbons (Fsp3) is 0.381. The van der Waals surface area contributed by atoms with Crippen molar-refractivity contribution in [2.45, 2.75) is 24.8 Å². The number of para-hydroxylation sites is 2. The van der Waals surface area contributed by atoms with Gasteiger partial charge in [0.05, 0.1) is 12.0 Å². The smallest absolute Gasteiger partial charge is 0.263 e. The van der Waals surface area contributed by atoms with E-state index in [1.54, 1.807) is 55.3 Å². The molecule has 1 saturated heterocycles. The van der Waals surface area contributed by atoms with Gasteiger partial charge in [-0.25, -0.2) is 8.42 Å². The third-order valence-corrected chi connectivity index (χ3v) is 6.84. The van der Waals surface area contributed by atoms with E-state index in [1.807, 2.05) is 19.1 Å². The van der Waals surface area contributed by atoms with Gasteiger partial charge in [-0.3, -0.25) is 4.79 Å². The fourth-order valence-corrected chi connectivity index (χ4v) is 4.64. The van der Waals surface area contributed by atoms with Gasteiger partial charge in [0.25, 0.3) is 5.91 Å². The van der Waals surface area contributed by atoms with Gasteiger partial charge in [-0.1, -0.05) is 29.8 Å². The molecule has 1 aliphatic heterocycles. The van der Waals surface area contributed by atoms with E-state index in [9.17, 15) is 13.2 Å². The first-order valence-electron chi connectivity index (χ1n) is 9.48. The number of carbonyl (C=O) groups excluding carboxylic acids is 1. The summed E-state index contributed by atoms with van der Waals surface area (Å²) in [5.74, 6) is 0.876. The maximum absolute atomic E-state index is 12.8. The topological polar surface area (TPSA) is 76.2 Å². The van der Waals surface area contributed by atoms with Gasteiger partial charge in [0, 0.05) is 26.2 Å². The summed E-state index contributed by atoms with van der Waals surface area (Å²) in [5, 5.41) is 0. The number of rotatable bonds is 6. The van der Waals surface area contributed by atoms with E-state index in [0.29, 0.717) is 24.6 Å². The molecular weight excluding hydrogens is 392 g/mol. The number of methoxy groups -OCH3 is 1. The third kappa shape index (κ3) is 4.71. The molecule has 8 heteroatoms. The summed E-state index contributed by atoms with van der Waals surface area (Å²) in [4.78, 5) is 14.7. The van der Waals surface area contributed by atoms with Crippen molar-refractivity contribution in [1.29, 1.82) is 0 Å². The van der Waals surface area contributed by atoms with Crippen LogP contribution in [0.25, 0.3) is 0 Å². The highest BCUT2D eigenvalue weighted by molar-refractivity contribution is 7.89. The summed E-state index contributed by atoms with van der Waals surface area (Å²) in [6, 6.07) is 13.9. The molecule has 7 nitrogen and oxygen atoms in total. The molecule has 0 aromatic heterocycles. The Hall–Kier alpha value is -2.58. The van der Waals surface area contributed by atoms with Gasteiger partial charge >= 0.3 is 0 Å². The summed E-state index contributed by atoms with van der Waals surface area (Å²) in [7, 11) is -2.01. The zero-order valence-electron chi connectivity index (χ0n) is 16.9. The highest BCUT2D eigenvalue weighted by Crippen LogP contribution is 2.27. The number of amides is 1. The lowest BCUT2D eigenvalue weighted by Crippen LogP contribution is -2.53. The maximum Gasteiger partial charge on any atom is 0.263 e. The number of hydrogen-bond donors (Lipinski definition) is 0. The number of piperazine rings is 1. The van der Waals surface area contributed by atoms with Crippen molar-refractivity contribution in [1.82, 2.24) is 9.21 Å². The van der Waals surface area contributed by atoms with Crippen LogP contribution in [0.2, 0.25) is 0 Å². The molecule has 0 aliphatic carbocycles. The van der Waals surface area contributed by atoms with Gasteiger partial charge in [0.15, 0.2) is 17.6 Å². The van der Waals surface area contributed by atoms with E-state index in [-0.39, 0.29) is 23.9 Å². The Bertz CT molecular complexity index is 951. The molecule has 0 N–H and O–H groups in total. The molecule has 156 valence electrons. The number of ether oxygens (including phenoxy) is 2. The third-order valence-electron chi connectivity index (χ3n) is 4.93. The molecule has 29 heavy (non-hydrogen) atoms. The second-order valence-electron chi connectivity index (χ2n) is 6.95. The molecule has 2 aromatic rings. The van der Waals surface area contributed by atoms with Gasteiger partial charge < -0.3 is 14.4 Å². The summed E-state index contributed by atoms with van der Waals surface area (Å²) in [6.07, 6.45) is -0.702. The summed E-state index contributed by atoms with van der Waals surface area (Å²) in [6.45, 7) is 4.75. The van der Waals surface area contributed by atoms with Gasteiger partial charge in [-0.15, -0.1) is 0 Å². The first-order chi connectivity index (χ1) is 13.8. The van der Waals surface area contributed by atoms with Gasteiger partial charge in [-0.05, 0) is 38.1 Å². The molecule has 1 atom stereocenters. The van der Waals surface area contributed by atoms with E-state index < -0.39 is 16.1 Å². The van der Waals surface area contributed by atoms with Crippen molar-refractivity contribution in [2.75, 3.05) is 33.3 Å². The average molecular weight is 419 g/mol. The number of nitrogens with zero attached hydrogens (tertiary/aromatic N) is 2. The quantitative estimate of drug-likeness (QED) is 0.720. The Morgan fingerprint density at radius 3 is 2.14 bits per heavy atom. The number of hydrogen-bond acceptors (Lipinski definition) is 5. The van der Waals surface area contributed by atoms with E-state index in [2.05, 4.69) is 0 Å². The van der Waals surface area contributed by atoms with Crippen molar-refractivity contribution in [2.24, 2.45) is 0 Å². The van der Waals surface area contributed by atoms with Crippen LogP contribution in [0.1, 0.15) is 12.5 Å². The largest absolute Gasteiger partial charge is 0.493 e. The molecule has 1 heterocycles. The van der Waals surface area contributed by atoms with Crippen molar-refractivity contribution < 1.29 is 22.7 Å². The molecular formula is C21H26N2O5S. The van der Waals surface area contributed by atoms with Crippen LogP contribution >= 0.6 is 0 Å². The average Bonchev–Trinajstić information content (AvgIpc) is 2.74. The Morgan fingerprint density at radius 1 is 0.966 bits per heavy atom. The molecule has 2 aromatic carbocycles. The normalized spacial score (nSPS) is 16.3. The standard InChI is InChI=1S/C21H26N2O5S/c1-16-8-10-18(11-9-16)29(25,26)23-14-12-22(13-15-23)21(24)17(2)28-20-7-5-4-6-19(20)27-3/h4-11,17H,12-15H2,1-3H3. The van der Waals surface area contributed by atoms with Crippen molar-refractivity contribution in [3.8, 4) is 11.5 Å². The minimum absolute atomic E-state index is 0.178. The molecule has 1 amide bonds. The fourth-order valence-electron chi connectivity index (χ4n) is 3.22. The minimum atomic E-state index is -3.56. The first kappa shape index (κ1) is 21.1. The SMILES string of the molecule is COc1ccccc1OC(C)C(=O)N1CCN(S(=O)(=O)c2ccc(C)cc2)CC1. The van der Waals surface area contributed by atoms with Gasteiger partial charge in [0.1, 0.15) is 0 Å². The van der Waals surface area contributed by atoms with Gasteiger partial charge in [0.2, 0.25) is 10.0 Å². The Morgan fingerprint density at radius 2 is 1.55 bits per heavy atom. The van der Waals surface area contributed by atoms with Crippen LogP contribution in [0, 0.1) is 6.92 Å². The van der Waals surface area contributed by atoms with Crippen LogP contribution in [0.4, 0.5) is 0 Å². The minimum Gasteiger partial charge on any atom is -0.493 e. The first-order valence-corrected chi connectivity index (χ1v) is 10.9. The number of carbonyl (C=O) groups is 1. The molecule has 1 fully saturated rings. The lowest BCUT2D eigenvalue weighted by molar-refractivity contribution is -0.139. The second kappa shape index (κ2) is 8.84. The van der Waals surface area contributed by atoms with E-state index in [4.69, 9.17) is 9.47 Å². The summed E-state index contributed by atoms with van der Waals surface area (Å²) < 4.78 is 38.1. The van der Waals surface area contributed by atoms with Crippen LogP contribution in [-0.2, 0) is 14.8 Å². The predicted octanol–water partition coefficient (Wildman–Crippen LogP) is 2.30. The lowest BCUT2D eigenvalue weighted by atomic mass is 10.2. The number of benzene rings is 2. The Kier molecular flexibility index (Phi) is 6.44. The van der Waals surface area contributed by atoms with Crippen molar-refractivity contribution in [3.63, 3.8) is 0 Å². The number of sulfonamides is 1. The Balaban J connectivity index is 1.61. The van der Waals surface area contributed by atoms with E-state index in [0.717, 1.165) is 5.56 Å². The highest BCUT2D eigenvalue weighted by atomic mass is 32.2. The lowest BCUT2D eigenvalue weighted by Gasteiger charge is -2.35. The predicted molar refractivity (Wildman–Crippen MR) is 110 cm³/mol. The van der Waals surface area contributed by atoms with Crippen molar-refractivity contribution >= 4 is 15.9 Å². The second-order valence-corrected chi connectivity index (χ2v) is 8.89. The molecule has 3 rings (SSSR count). The number of aryl methyl sites for hydroxylation is 1. The van der Waals surface area contributed by atoms with Crippen molar-refractivity contribution in [3.05, 3.63) is 54.1 Å². The zero-order chi connectivity index (χ0) is 21.0. The molecule has 0 bridgehead atoms. The van der Waals surface area contributed by atoms with Crippen LogP contribution in [0.15, 0.2) is 53.4 Å². The van der Waals surface area contributed by atoms with Crippen LogP contribution in [-0.4, -0.2) is 62.9 Å². The molecule has 0 radical (unpaired) electrons. The summed E-state index contributed by atoms with van der Waals surface area (Å²) >= 11 is 0. The monoisotopic (exact) mass is 418 g/mol. The zero-order valence-corrected chi connectivity index (χ0v) is 17.7. The highest BCUT2D eigenvalue weighted by Gasteiger charge is 2.32. The molecule has 1 unspecified atom stereocenters. The molecule has 0 spiro atoms. The van der Waals surface area contributed by atoms with Crippen LogP contribution in [0.3, 0.4) is 0 Å². The maximum atomic E-state index is 12.8. The van der Waals surface area contributed by atoms with Gasteiger partial charge in [-0.2, -0.15) is 4.31 Å². The van der Waals surface area contributed by atoms with Crippen LogP contribution < -0.4 is 9.47 Å². The molecule has 0 saturated carbocycles. The summed E-state index contributed by atoms with van der Waals surface area (Å²) in [5.41, 5.74) is 1.00.